The predicted octanol–water partition coefficient (Wildman–Crippen LogP) is 4.33. The van der Waals surface area contributed by atoms with Gasteiger partial charge in [0.1, 0.15) is 5.82 Å². The third-order valence-corrected chi connectivity index (χ3v) is 5.60. The number of nitrogens with zero attached hydrogens (tertiary/aromatic N) is 3. The molecule has 0 saturated carbocycles. The lowest BCUT2D eigenvalue weighted by Gasteiger charge is -2.14. The molecule has 1 N–H and O–H groups in total. The zero-order valence-corrected chi connectivity index (χ0v) is 17.9. The van der Waals surface area contributed by atoms with Crippen molar-refractivity contribution in [1.82, 2.24) is 14.8 Å². The molecule has 3 heterocycles. The maximum atomic E-state index is 13.3. The molecule has 1 amide bonds. The van der Waals surface area contributed by atoms with E-state index in [1.54, 1.807) is 30.8 Å². The molecule has 1 unspecified atom stereocenters. The first-order chi connectivity index (χ1) is 14.8. The highest BCUT2D eigenvalue weighted by Crippen LogP contribution is 2.29. The number of hydrogen-bond acceptors (Lipinski definition) is 6. The number of esters is 1. The van der Waals surface area contributed by atoms with Crippen molar-refractivity contribution in [1.29, 1.82) is 0 Å². The van der Waals surface area contributed by atoms with E-state index in [0.29, 0.717) is 22.4 Å². The second-order valence-corrected chi connectivity index (χ2v) is 7.93. The summed E-state index contributed by atoms with van der Waals surface area (Å²) in [5, 5.41) is 9.41. The number of pyridine rings is 1. The van der Waals surface area contributed by atoms with Crippen LogP contribution in [0.3, 0.4) is 0 Å². The van der Waals surface area contributed by atoms with Crippen LogP contribution in [0.5, 0.6) is 0 Å². The van der Waals surface area contributed by atoms with Gasteiger partial charge in [-0.2, -0.15) is 5.10 Å². The molecule has 3 aromatic heterocycles. The number of carbonyl (C=O) groups is 2. The average molecular weight is 438 g/mol. The van der Waals surface area contributed by atoms with E-state index in [0.717, 1.165) is 4.88 Å². The Hall–Kier alpha value is -3.59. The van der Waals surface area contributed by atoms with E-state index >= 15 is 0 Å². The third kappa shape index (κ3) is 4.17. The number of thiophene rings is 1. The van der Waals surface area contributed by atoms with E-state index in [9.17, 15) is 14.0 Å². The molecule has 31 heavy (non-hydrogen) atoms. The molecule has 0 spiro atoms. The van der Waals surface area contributed by atoms with Gasteiger partial charge in [-0.25, -0.2) is 14.2 Å². The summed E-state index contributed by atoms with van der Waals surface area (Å²) in [7, 11) is 1.75. The van der Waals surface area contributed by atoms with Crippen molar-refractivity contribution < 1.29 is 18.7 Å². The van der Waals surface area contributed by atoms with Gasteiger partial charge in [-0.3, -0.25) is 9.48 Å². The molecule has 7 nitrogen and oxygen atoms in total. The number of ether oxygens (including phenoxy) is 1. The minimum Gasteiger partial charge on any atom is -0.449 e. The highest BCUT2D eigenvalue weighted by Gasteiger charge is 2.24. The Labute approximate surface area is 181 Å². The van der Waals surface area contributed by atoms with Crippen molar-refractivity contribution in [2.45, 2.75) is 20.0 Å². The van der Waals surface area contributed by atoms with Gasteiger partial charge in [0.25, 0.3) is 5.91 Å². The first-order valence-corrected chi connectivity index (χ1v) is 10.4. The van der Waals surface area contributed by atoms with Crippen molar-refractivity contribution in [3.05, 3.63) is 64.9 Å². The fraction of sp³-hybridized carbons (Fsp3) is 0.182. The van der Waals surface area contributed by atoms with E-state index in [1.807, 2.05) is 17.5 Å². The molecule has 4 rings (SSSR count). The van der Waals surface area contributed by atoms with Crippen molar-refractivity contribution in [3.63, 3.8) is 0 Å². The van der Waals surface area contributed by atoms with Crippen LogP contribution >= 0.6 is 11.3 Å². The van der Waals surface area contributed by atoms with Gasteiger partial charge in [0, 0.05) is 12.7 Å². The van der Waals surface area contributed by atoms with Crippen molar-refractivity contribution in [3.8, 4) is 10.6 Å². The van der Waals surface area contributed by atoms with E-state index < -0.39 is 23.8 Å². The van der Waals surface area contributed by atoms with Crippen LogP contribution in [0.25, 0.3) is 21.6 Å². The van der Waals surface area contributed by atoms with Crippen molar-refractivity contribution >= 4 is 39.9 Å². The summed E-state index contributed by atoms with van der Waals surface area (Å²) < 4.78 is 20.4. The number of aryl methyl sites for hydroxylation is 2. The second-order valence-electron chi connectivity index (χ2n) is 6.99. The zero-order chi connectivity index (χ0) is 22.1. The van der Waals surface area contributed by atoms with E-state index in [4.69, 9.17) is 4.74 Å². The minimum atomic E-state index is -1.10. The quantitative estimate of drug-likeness (QED) is 0.469. The molecule has 0 bridgehead atoms. The number of anilines is 1. The summed E-state index contributed by atoms with van der Waals surface area (Å²) in [4.78, 5) is 31.0. The monoisotopic (exact) mass is 438 g/mol. The summed E-state index contributed by atoms with van der Waals surface area (Å²) in [6.07, 6.45) is -1.10. The average Bonchev–Trinajstić information content (AvgIpc) is 3.36. The van der Waals surface area contributed by atoms with Crippen LogP contribution in [0.4, 0.5) is 10.1 Å². The highest BCUT2D eigenvalue weighted by atomic mass is 32.1. The fourth-order valence-electron chi connectivity index (χ4n) is 3.24. The summed E-state index contributed by atoms with van der Waals surface area (Å²) >= 11 is 1.50. The molecule has 0 aliphatic heterocycles. The minimum absolute atomic E-state index is 0.280. The molecule has 158 valence electrons. The smallest absolute Gasteiger partial charge is 0.339 e. The molecule has 0 radical (unpaired) electrons. The van der Waals surface area contributed by atoms with Gasteiger partial charge >= 0.3 is 5.97 Å². The molecule has 4 aromatic rings. The number of fused-ring (bicyclic) bond motifs is 1. The number of halogens is 1. The van der Waals surface area contributed by atoms with Crippen LogP contribution in [-0.4, -0.2) is 32.7 Å². The molecule has 0 fully saturated rings. The van der Waals surface area contributed by atoms with Gasteiger partial charge in [0.15, 0.2) is 11.8 Å². The Morgan fingerprint density at radius 2 is 2.03 bits per heavy atom. The number of amides is 1. The highest BCUT2D eigenvalue weighted by molar-refractivity contribution is 7.13. The van der Waals surface area contributed by atoms with E-state index in [-0.39, 0.29) is 11.3 Å². The second kappa shape index (κ2) is 8.27. The number of aromatic nitrogens is 3. The number of nitrogens with one attached hydrogen (secondary N) is 1. The normalized spacial score (nSPS) is 12.0. The predicted molar refractivity (Wildman–Crippen MR) is 116 cm³/mol. The summed E-state index contributed by atoms with van der Waals surface area (Å²) in [5.41, 5.74) is 2.36. The Kier molecular flexibility index (Phi) is 5.51. The van der Waals surface area contributed by atoms with Crippen LogP contribution in [-0.2, 0) is 16.6 Å². The van der Waals surface area contributed by atoms with Crippen molar-refractivity contribution in [2.75, 3.05) is 5.32 Å². The first kappa shape index (κ1) is 20.7. The molecule has 0 saturated heterocycles. The molecular formula is C22H19FN4O3S. The molecule has 0 aliphatic carbocycles. The first-order valence-electron chi connectivity index (χ1n) is 9.49. The largest absolute Gasteiger partial charge is 0.449 e. The molecule has 1 atom stereocenters. The Morgan fingerprint density at radius 1 is 1.23 bits per heavy atom. The van der Waals surface area contributed by atoms with Gasteiger partial charge < -0.3 is 10.1 Å². The molecular weight excluding hydrogens is 419 g/mol. The Balaban J connectivity index is 1.63. The number of benzene rings is 1. The van der Waals surface area contributed by atoms with Crippen LogP contribution in [0.15, 0.2) is 47.8 Å². The fourth-order valence-corrected chi connectivity index (χ4v) is 3.93. The van der Waals surface area contributed by atoms with Gasteiger partial charge in [-0.05, 0) is 49.6 Å². The Morgan fingerprint density at radius 3 is 2.74 bits per heavy atom. The van der Waals surface area contributed by atoms with Crippen LogP contribution in [0.2, 0.25) is 0 Å². The number of hydrogen-bond donors (Lipinski definition) is 1. The lowest BCUT2D eigenvalue weighted by molar-refractivity contribution is -0.123. The standard InChI is InChI=1S/C22H19FN4O3S/c1-12-19-16(11-17(18-8-5-9-31-18)25-20(19)27(3)26-12)22(29)30-13(2)21(28)24-15-7-4-6-14(23)10-15/h4-11,13H,1-3H3,(H,24,28). The van der Waals surface area contributed by atoms with Crippen LogP contribution in [0.1, 0.15) is 23.0 Å². The van der Waals surface area contributed by atoms with E-state index in [1.165, 1.54) is 36.5 Å². The summed E-state index contributed by atoms with van der Waals surface area (Å²) in [6.45, 7) is 3.24. The lowest BCUT2D eigenvalue weighted by atomic mass is 10.1. The number of carbonyl (C=O) groups excluding carboxylic acids is 2. The zero-order valence-electron chi connectivity index (χ0n) is 17.0. The third-order valence-electron chi connectivity index (χ3n) is 4.71. The SMILES string of the molecule is Cc1nn(C)c2nc(-c3cccs3)cc(C(=O)OC(C)C(=O)Nc3cccc(F)c3)c12. The number of rotatable bonds is 5. The summed E-state index contributed by atoms with van der Waals surface area (Å²) in [5.74, 6) is -1.70. The lowest BCUT2D eigenvalue weighted by Crippen LogP contribution is -2.30. The Bertz CT molecular complexity index is 1280. The van der Waals surface area contributed by atoms with Gasteiger partial charge in [0.05, 0.1) is 27.2 Å². The molecule has 0 aliphatic rings. The molecule has 9 heteroatoms. The topological polar surface area (TPSA) is 86.1 Å². The van der Waals surface area contributed by atoms with Gasteiger partial charge in [0.2, 0.25) is 0 Å². The van der Waals surface area contributed by atoms with Gasteiger partial charge in [-0.15, -0.1) is 11.3 Å². The summed E-state index contributed by atoms with van der Waals surface area (Å²) in [6, 6.07) is 11.0. The van der Waals surface area contributed by atoms with Crippen LogP contribution < -0.4 is 5.32 Å². The van der Waals surface area contributed by atoms with Crippen LogP contribution in [0, 0.1) is 12.7 Å². The maximum Gasteiger partial charge on any atom is 0.339 e. The maximum absolute atomic E-state index is 13.3. The molecule has 1 aromatic carbocycles. The van der Waals surface area contributed by atoms with Crippen molar-refractivity contribution in [2.24, 2.45) is 7.05 Å². The van der Waals surface area contributed by atoms with Gasteiger partial charge in [-0.1, -0.05) is 12.1 Å². The van der Waals surface area contributed by atoms with E-state index in [2.05, 4.69) is 15.4 Å².